The SMILES string of the molecule is CC(NS(=O)(=O)Cc1ccc(C(=O)O)cc1)c1cnn(C)c1. The number of nitrogens with zero attached hydrogens (tertiary/aromatic N) is 2. The monoisotopic (exact) mass is 323 g/mol. The zero-order valence-corrected chi connectivity index (χ0v) is 13.0. The van der Waals surface area contributed by atoms with E-state index in [4.69, 9.17) is 5.11 Å². The average Bonchev–Trinajstić information content (AvgIpc) is 2.85. The van der Waals surface area contributed by atoms with Crippen LogP contribution in [0.4, 0.5) is 0 Å². The van der Waals surface area contributed by atoms with Crippen LogP contribution in [-0.2, 0) is 22.8 Å². The Balaban J connectivity index is 2.05. The molecule has 1 atom stereocenters. The van der Waals surface area contributed by atoms with Gasteiger partial charge >= 0.3 is 5.97 Å². The van der Waals surface area contributed by atoms with E-state index in [9.17, 15) is 13.2 Å². The first-order valence-electron chi connectivity index (χ1n) is 6.57. The van der Waals surface area contributed by atoms with E-state index in [1.165, 1.54) is 24.3 Å². The van der Waals surface area contributed by atoms with Crippen molar-refractivity contribution >= 4 is 16.0 Å². The van der Waals surface area contributed by atoms with E-state index >= 15 is 0 Å². The molecule has 118 valence electrons. The molecule has 0 spiro atoms. The minimum Gasteiger partial charge on any atom is -0.478 e. The van der Waals surface area contributed by atoms with E-state index in [2.05, 4.69) is 9.82 Å². The van der Waals surface area contributed by atoms with Crippen LogP contribution in [0.15, 0.2) is 36.7 Å². The van der Waals surface area contributed by atoms with Crippen molar-refractivity contribution in [3.8, 4) is 0 Å². The van der Waals surface area contributed by atoms with Gasteiger partial charge in [-0.1, -0.05) is 12.1 Å². The first kappa shape index (κ1) is 16.2. The largest absolute Gasteiger partial charge is 0.478 e. The molecule has 0 radical (unpaired) electrons. The topological polar surface area (TPSA) is 101 Å². The summed E-state index contributed by atoms with van der Waals surface area (Å²) in [6.07, 6.45) is 3.35. The second-order valence-corrected chi connectivity index (χ2v) is 6.80. The number of nitrogens with one attached hydrogen (secondary N) is 1. The van der Waals surface area contributed by atoms with Crippen LogP contribution in [0.25, 0.3) is 0 Å². The van der Waals surface area contributed by atoms with Crippen molar-refractivity contribution in [3.05, 3.63) is 53.3 Å². The standard InChI is InChI=1S/C14H17N3O4S/c1-10(13-7-15-17(2)8-13)16-22(20,21)9-11-3-5-12(6-4-11)14(18)19/h3-8,10,16H,9H2,1-2H3,(H,18,19). The highest BCUT2D eigenvalue weighted by Crippen LogP contribution is 2.14. The second-order valence-electron chi connectivity index (χ2n) is 5.05. The number of hydrogen-bond acceptors (Lipinski definition) is 4. The van der Waals surface area contributed by atoms with Crippen LogP contribution in [0, 0.1) is 0 Å². The van der Waals surface area contributed by atoms with Gasteiger partial charge in [-0.3, -0.25) is 4.68 Å². The fourth-order valence-corrected chi connectivity index (χ4v) is 3.40. The summed E-state index contributed by atoms with van der Waals surface area (Å²) in [5, 5.41) is 12.8. The Labute approximate surface area is 128 Å². The van der Waals surface area contributed by atoms with Crippen LogP contribution in [0.2, 0.25) is 0 Å². The molecular formula is C14H17N3O4S. The van der Waals surface area contributed by atoms with E-state index in [1.54, 1.807) is 31.0 Å². The zero-order valence-electron chi connectivity index (χ0n) is 12.2. The van der Waals surface area contributed by atoms with E-state index in [0.29, 0.717) is 5.56 Å². The van der Waals surface area contributed by atoms with Crippen LogP contribution in [0.3, 0.4) is 0 Å². The fourth-order valence-electron chi connectivity index (χ4n) is 2.01. The van der Waals surface area contributed by atoms with E-state index in [0.717, 1.165) is 5.56 Å². The van der Waals surface area contributed by atoms with Crippen LogP contribution < -0.4 is 4.72 Å². The number of hydrogen-bond donors (Lipinski definition) is 2. The molecule has 1 heterocycles. The second kappa shape index (κ2) is 6.29. The lowest BCUT2D eigenvalue weighted by Gasteiger charge is -2.12. The van der Waals surface area contributed by atoms with E-state index in [1.807, 2.05) is 0 Å². The van der Waals surface area contributed by atoms with Crippen LogP contribution in [0.1, 0.15) is 34.5 Å². The predicted molar refractivity (Wildman–Crippen MR) is 80.8 cm³/mol. The summed E-state index contributed by atoms with van der Waals surface area (Å²) >= 11 is 0. The van der Waals surface area contributed by atoms with Gasteiger partial charge < -0.3 is 5.11 Å². The Morgan fingerprint density at radius 2 is 2.00 bits per heavy atom. The Morgan fingerprint density at radius 1 is 1.36 bits per heavy atom. The third-order valence-corrected chi connectivity index (χ3v) is 4.56. The summed E-state index contributed by atoms with van der Waals surface area (Å²) in [6, 6.07) is 5.38. The van der Waals surface area contributed by atoms with Gasteiger partial charge in [-0.15, -0.1) is 0 Å². The molecule has 1 unspecified atom stereocenters. The van der Waals surface area contributed by atoms with Gasteiger partial charge in [0, 0.05) is 24.8 Å². The number of carboxylic acid groups (broad SMARTS) is 1. The minimum atomic E-state index is -3.54. The number of aryl methyl sites for hydroxylation is 1. The van der Waals surface area contributed by atoms with Crippen molar-refractivity contribution in [2.75, 3.05) is 0 Å². The summed E-state index contributed by atoms with van der Waals surface area (Å²) in [4.78, 5) is 10.8. The number of benzene rings is 1. The lowest BCUT2D eigenvalue weighted by Crippen LogP contribution is -2.28. The van der Waals surface area contributed by atoms with E-state index < -0.39 is 22.0 Å². The molecule has 0 fully saturated rings. The normalized spacial score (nSPS) is 13.0. The maximum absolute atomic E-state index is 12.2. The average molecular weight is 323 g/mol. The highest BCUT2D eigenvalue weighted by Gasteiger charge is 2.17. The third kappa shape index (κ3) is 4.15. The van der Waals surface area contributed by atoms with Gasteiger partial charge in [-0.05, 0) is 24.6 Å². The molecule has 0 saturated carbocycles. The third-order valence-electron chi connectivity index (χ3n) is 3.14. The maximum atomic E-state index is 12.2. The quantitative estimate of drug-likeness (QED) is 0.834. The molecule has 22 heavy (non-hydrogen) atoms. The lowest BCUT2D eigenvalue weighted by molar-refractivity contribution is 0.0697. The molecule has 7 nitrogen and oxygen atoms in total. The Hall–Kier alpha value is -2.19. The molecule has 1 aromatic heterocycles. The molecule has 1 aromatic carbocycles. The van der Waals surface area contributed by atoms with Crippen LogP contribution >= 0.6 is 0 Å². The first-order chi connectivity index (χ1) is 10.3. The molecule has 0 aliphatic carbocycles. The smallest absolute Gasteiger partial charge is 0.335 e. The first-order valence-corrected chi connectivity index (χ1v) is 8.23. The van der Waals surface area contributed by atoms with Gasteiger partial charge in [0.15, 0.2) is 0 Å². The molecule has 0 bridgehead atoms. The summed E-state index contributed by atoms with van der Waals surface area (Å²) in [6.45, 7) is 1.74. The number of aromatic carboxylic acids is 1. The Morgan fingerprint density at radius 3 is 2.50 bits per heavy atom. The highest BCUT2D eigenvalue weighted by molar-refractivity contribution is 7.88. The molecule has 0 amide bonds. The summed E-state index contributed by atoms with van der Waals surface area (Å²) in [5.74, 6) is -1.25. The van der Waals surface area contributed by atoms with Crippen molar-refractivity contribution in [1.82, 2.24) is 14.5 Å². The molecule has 0 saturated heterocycles. The van der Waals surface area contributed by atoms with Crippen LogP contribution in [0.5, 0.6) is 0 Å². The van der Waals surface area contributed by atoms with Crippen molar-refractivity contribution < 1.29 is 18.3 Å². The molecule has 2 N–H and O–H groups in total. The Bertz CT molecular complexity index is 766. The summed E-state index contributed by atoms with van der Waals surface area (Å²) in [7, 11) is -1.78. The van der Waals surface area contributed by atoms with Gasteiger partial charge in [0.25, 0.3) is 0 Å². The van der Waals surface area contributed by atoms with Gasteiger partial charge in [0.1, 0.15) is 0 Å². The molecule has 0 aliphatic heterocycles. The van der Waals surface area contributed by atoms with Crippen molar-refractivity contribution in [3.63, 3.8) is 0 Å². The van der Waals surface area contributed by atoms with Crippen LogP contribution in [-0.4, -0.2) is 29.3 Å². The van der Waals surface area contributed by atoms with Crippen molar-refractivity contribution in [2.45, 2.75) is 18.7 Å². The van der Waals surface area contributed by atoms with Crippen molar-refractivity contribution in [1.29, 1.82) is 0 Å². The van der Waals surface area contributed by atoms with Gasteiger partial charge in [0.05, 0.1) is 17.5 Å². The van der Waals surface area contributed by atoms with Crippen molar-refractivity contribution in [2.24, 2.45) is 7.05 Å². The minimum absolute atomic E-state index is 0.123. The predicted octanol–water partition coefficient (Wildman–Crippen LogP) is 1.30. The number of aromatic nitrogens is 2. The van der Waals surface area contributed by atoms with Gasteiger partial charge in [0.2, 0.25) is 10.0 Å². The summed E-state index contributed by atoms with van der Waals surface area (Å²) in [5.41, 5.74) is 1.42. The zero-order chi connectivity index (χ0) is 16.3. The maximum Gasteiger partial charge on any atom is 0.335 e. The molecule has 2 aromatic rings. The fraction of sp³-hybridized carbons (Fsp3) is 0.286. The molecule has 2 rings (SSSR count). The lowest BCUT2D eigenvalue weighted by atomic mass is 10.1. The summed E-state index contributed by atoms with van der Waals surface area (Å²) < 4.78 is 28.5. The number of sulfonamides is 1. The highest BCUT2D eigenvalue weighted by atomic mass is 32.2. The number of rotatable bonds is 6. The molecule has 8 heteroatoms. The van der Waals surface area contributed by atoms with Gasteiger partial charge in [-0.25, -0.2) is 17.9 Å². The molecule has 0 aliphatic rings. The number of carbonyl (C=O) groups is 1. The Kier molecular flexibility index (Phi) is 4.62. The number of carboxylic acids is 1. The van der Waals surface area contributed by atoms with E-state index in [-0.39, 0.29) is 11.3 Å². The molecular weight excluding hydrogens is 306 g/mol. The van der Waals surface area contributed by atoms with Gasteiger partial charge in [-0.2, -0.15) is 5.10 Å².